The van der Waals surface area contributed by atoms with Crippen molar-refractivity contribution in [3.63, 3.8) is 0 Å². The zero-order chi connectivity index (χ0) is 17.0. The van der Waals surface area contributed by atoms with Gasteiger partial charge in [0.05, 0.1) is 10.0 Å². The lowest BCUT2D eigenvalue weighted by molar-refractivity contribution is 0.617. The molecule has 0 bridgehead atoms. The summed E-state index contributed by atoms with van der Waals surface area (Å²) < 4.78 is 13.7. The van der Waals surface area contributed by atoms with E-state index in [9.17, 15) is 4.39 Å². The Morgan fingerprint density at radius 2 is 2.09 bits per heavy atom. The van der Waals surface area contributed by atoms with Crippen molar-refractivity contribution >= 4 is 45.6 Å². The van der Waals surface area contributed by atoms with E-state index in [2.05, 4.69) is 17.5 Å². The van der Waals surface area contributed by atoms with Gasteiger partial charge in [-0.25, -0.2) is 4.39 Å². The summed E-state index contributed by atoms with van der Waals surface area (Å²) in [6.07, 6.45) is 2.97. The number of thiocarbonyl (C=S) groups is 1. The number of unbranched alkanes of at least 4 members (excludes halogenated alkanes) is 1. The summed E-state index contributed by atoms with van der Waals surface area (Å²) in [6, 6.07) is 4.72. The highest BCUT2D eigenvalue weighted by molar-refractivity contribution is 8.13. The van der Waals surface area contributed by atoms with Gasteiger partial charge in [0.1, 0.15) is 5.82 Å². The molecule has 1 rings (SSSR count). The van der Waals surface area contributed by atoms with Crippen molar-refractivity contribution in [2.24, 2.45) is 5.10 Å². The van der Waals surface area contributed by atoms with E-state index in [1.54, 1.807) is 19.1 Å². The molecule has 0 aliphatic carbocycles. The van der Waals surface area contributed by atoms with Crippen LogP contribution in [-0.2, 0) is 5.75 Å². The number of hydrogen-bond acceptors (Lipinski definition) is 3. The molecule has 1 N–H and O–H groups in total. The van der Waals surface area contributed by atoms with E-state index in [4.69, 9.17) is 23.8 Å². The van der Waals surface area contributed by atoms with Gasteiger partial charge in [-0.15, -0.1) is 11.8 Å². The Balaban J connectivity index is 0.00000211. The second-order valence-electron chi connectivity index (χ2n) is 4.27. The van der Waals surface area contributed by atoms with Gasteiger partial charge < -0.3 is 0 Å². The van der Waals surface area contributed by atoms with E-state index in [1.807, 2.05) is 13.8 Å². The second-order valence-corrected chi connectivity index (χ2v) is 6.33. The lowest BCUT2D eigenvalue weighted by Crippen LogP contribution is -2.13. The summed E-state index contributed by atoms with van der Waals surface area (Å²) >= 11 is 12.4. The van der Waals surface area contributed by atoms with Crippen LogP contribution in [0.5, 0.6) is 0 Å². The minimum absolute atomic E-state index is 0.279. The first-order valence-electron chi connectivity index (χ1n) is 7.43. The van der Waals surface area contributed by atoms with E-state index in [0.29, 0.717) is 21.3 Å². The highest BCUT2D eigenvalue weighted by Gasteiger charge is 2.09. The van der Waals surface area contributed by atoms with Crippen LogP contribution >= 0.6 is 35.6 Å². The molecule has 0 aromatic heterocycles. The van der Waals surface area contributed by atoms with Gasteiger partial charge in [-0.3, -0.25) is 5.43 Å². The van der Waals surface area contributed by atoms with Crippen molar-refractivity contribution in [1.29, 1.82) is 0 Å². The van der Waals surface area contributed by atoms with Gasteiger partial charge in [-0.1, -0.05) is 57.1 Å². The van der Waals surface area contributed by atoms with Crippen molar-refractivity contribution in [2.45, 2.75) is 52.7 Å². The van der Waals surface area contributed by atoms with E-state index >= 15 is 0 Å². The van der Waals surface area contributed by atoms with Crippen LogP contribution in [0.4, 0.5) is 4.39 Å². The molecule has 0 saturated carbocycles. The van der Waals surface area contributed by atoms with Gasteiger partial charge in [0, 0.05) is 16.3 Å². The van der Waals surface area contributed by atoms with Crippen LogP contribution in [0.15, 0.2) is 23.3 Å². The Morgan fingerprint density at radius 1 is 1.41 bits per heavy atom. The van der Waals surface area contributed by atoms with Crippen LogP contribution in [0.3, 0.4) is 0 Å². The Labute approximate surface area is 147 Å². The first kappa shape index (κ1) is 21.4. The molecule has 0 aliphatic heterocycles. The minimum atomic E-state index is -0.279. The molecule has 0 unspecified atom stereocenters. The summed E-state index contributed by atoms with van der Waals surface area (Å²) in [4.78, 5) is 0.614. The third-order valence-corrected chi connectivity index (χ3v) is 4.03. The second kappa shape index (κ2) is 12.9. The number of thioether (sulfide) groups is 1. The molecule has 0 amide bonds. The molecule has 0 heterocycles. The Morgan fingerprint density at radius 3 is 2.64 bits per heavy atom. The van der Waals surface area contributed by atoms with Gasteiger partial charge >= 0.3 is 0 Å². The van der Waals surface area contributed by atoms with Crippen molar-refractivity contribution in [3.05, 3.63) is 34.6 Å². The van der Waals surface area contributed by atoms with Crippen molar-refractivity contribution < 1.29 is 4.39 Å². The molecular formula is C16H24ClFN2S2. The topological polar surface area (TPSA) is 24.4 Å². The fourth-order valence-corrected chi connectivity index (χ4v) is 2.81. The average molecular weight is 363 g/mol. The van der Waals surface area contributed by atoms with Crippen LogP contribution in [0, 0.1) is 5.82 Å². The van der Waals surface area contributed by atoms with Gasteiger partial charge in [0.2, 0.25) is 0 Å². The molecule has 124 valence electrons. The molecule has 1 aromatic rings. The molecule has 0 spiro atoms. The molecule has 0 atom stereocenters. The van der Waals surface area contributed by atoms with Crippen LogP contribution < -0.4 is 5.43 Å². The Bertz CT molecular complexity index is 473. The van der Waals surface area contributed by atoms with Gasteiger partial charge in [-0.05, 0) is 31.9 Å². The number of hydrogen-bond donors (Lipinski definition) is 1. The predicted molar refractivity (Wildman–Crippen MR) is 102 cm³/mol. The van der Waals surface area contributed by atoms with Crippen LogP contribution in [0.2, 0.25) is 5.02 Å². The van der Waals surface area contributed by atoms with E-state index in [0.717, 1.165) is 24.3 Å². The largest absolute Gasteiger partial charge is 0.271 e. The Kier molecular flexibility index (Phi) is 12.5. The summed E-state index contributed by atoms with van der Waals surface area (Å²) in [5.41, 5.74) is 3.31. The summed E-state index contributed by atoms with van der Waals surface area (Å²) in [5.74, 6) is 0.186. The third-order valence-electron chi connectivity index (χ3n) is 2.53. The lowest BCUT2D eigenvalue weighted by atomic mass is 10.2. The van der Waals surface area contributed by atoms with Crippen LogP contribution in [0.25, 0.3) is 0 Å². The molecular weight excluding hydrogens is 339 g/mol. The maximum absolute atomic E-state index is 13.7. The van der Waals surface area contributed by atoms with Crippen molar-refractivity contribution in [2.75, 3.05) is 0 Å². The van der Waals surface area contributed by atoms with E-state index in [-0.39, 0.29) is 5.82 Å². The number of hydrazone groups is 1. The average Bonchev–Trinajstić information content (AvgIpc) is 2.50. The molecule has 0 radical (unpaired) electrons. The smallest absolute Gasteiger partial charge is 0.128 e. The van der Waals surface area contributed by atoms with E-state index < -0.39 is 0 Å². The highest BCUT2D eigenvalue weighted by atomic mass is 35.5. The molecule has 1 aromatic carbocycles. The lowest BCUT2D eigenvalue weighted by Gasteiger charge is -2.08. The number of nitrogens with one attached hydrogen (secondary N) is 1. The molecule has 0 fully saturated rings. The SMILES string of the molecule is CC.CCCC/C(=N\NC(C)=S)SCc1c(F)cccc1Cl. The predicted octanol–water partition coefficient (Wildman–Crippen LogP) is 6.18. The quantitative estimate of drug-likeness (QED) is 0.283. The van der Waals surface area contributed by atoms with Gasteiger partial charge in [0.25, 0.3) is 0 Å². The van der Waals surface area contributed by atoms with Gasteiger partial charge in [0.15, 0.2) is 0 Å². The zero-order valence-corrected chi connectivity index (χ0v) is 16.0. The minimum Gasteiger partial charge on any atom is -0.271 e. The van der Waals surface area contributed by atoms with Crippen molar-refractivity contribution in [1.82, 2.24) is 5.43 Å². The maximum Gasteiger partial charge on any atom is 0.128 e. The monoisotopic (exact) mass is 362 g/mol. The molecule has 0 aliphatic rings. The van der Waals surface area contributed by atoms with Crippen LogP contribution in [-0.4, -0.2) is 10.0 Å². The highest BCUT2D eigenvalue weighted by Crippen LogP contribution is 2.25. The third kappa shape index (κ3) is 8.71. The standard InChI is InChI=1S/C14H18ClFN2S2.C2H6/c1-3-4-8-14(18-17-10(2)19)20-9-11-12(15)6-5-7-13(11)16;1-2/h5-7H,3-4,8-9H2,1-2H3,(H,17,19);1-2H3/b18-14+;. The maximum atomic E-state index is 13.7. The number of benzene rings is 1. The molecule has 22 heavy (non-hydrogen) atoms. The summed E-state index contributed by atoms with van der Waals surface area (Å²) in [7, 11) is 0. The number of halogens is 2. The summed E-state index contributed by atoms with van der Waals surface area (Å²) in [6.45, 7) is 7.89. The zero-order valence-electron chi connectivity index (χ0n) is 13.6. The fourth-order valence-electron chi connectivity index (χ4n) is 1.46. The van der Waals surface area contributed by atoms with Crippen LogP contribution in [0.1, 0.15) is 52.5 Å². The van der Waals surface area contributed by atoms with Gasteiger partial charge in [-0.2, -0.15) is 5.10 Å². The molecule has 0 saturated heterocycles. The van der Waals surface area contributed by atoms with E-state index in [1.165, 1.54) is 17.8 Å². The first-order chi connectivity index (χ1) is 10.5. The van der Waals surface area contributed by atoms with Crippen molar-refractivity contribution in [3.8, 4) is 0 Å². The summed E-state index contributed by atoms with van der Waals surface area (Å²) in [5, 5.41) is 5.62. The molecule has 2 nitrogen and oxygen atoms in total. The normalized spacial score (nSPS) is 10.7. The Hall–Kier alpha value is -0.650. The molecule has 6 heteroatoms. The fraction of sp³-hybridized carbons (Fsp3) is 0.500. The first-order valence-corrected chi connectivity index (χ1v) is 9.20. The number of nitrogens with zero attached hydrogens (tertiary/aromatic N) is 1. The number of rotatable bonds is 6.